The Kier molecular flexibility index (Phi) is 4.44. The normalized spacial score (nSPS) is 17.8. The first-order valence-corrected chi connectivity index (χ1v) is 8.52. The fraction of sp³-hybridized carbons (Fsp3) is 0.350. The van der Waals surface area contributed by atoms with Crippen LogP contribution in [0.2, 0.25) is 0 Å². The summed E-state index contributed by atoms with van der Waals surface area (Å²) in [5, 5.41) is 14.1. The van der Waals surface area contributed by atoms with E-state index < -0.39 is 10.5 Å². The van der Waals surface area contributed by atoms with Gasteiger partial charge in [0, 0.05) is 29.2 Å². The van der Waals surface area contributed by atoms with Gasteiger partial charge >= 0.3 is 0 Å². The third-order valence-corrected chi connectivity index (χ3v) is 4.60. The van der Waals surface area contributed by atoms with E-state index in [1.165, 1.54) is 6.07 Å². The van der Waals surface area contributed by atoms with Crippen molar-refractivity contribution in [3.8, 4) is 5.75 Å². The Morgan fingerprint density at radius 1 is 1.23 bits per heavy atom. The van der Waals surface area contributed by atoms with Gasteiger partial charge in [-0.25, -0.2) is 0 Å². The molecule has 1 atom stereocenters. The number of aryl methyl sites for hydroxylation is 2. The highest BCUT2D eigenvalue weighted by Crippen LogP contribution is 2.40. The van der Waals surface area contributed by atoms with E-state index >= 15 is 0 Å². The molecule has 26 heavy (non-hydrogen) atoms. The number of nitrogens with one attached hydrogen (secondary N) is 1. The number of hydrogen-bond donors (Lipinski definition) is 1. The lowest BCUT2D eigenvalue weighted by Gasteiger charge is -2.38. The van der Waals surface area contributed by atoms with Crippen LogP contribution in [0.4, 0.5) is 5.69 Å². The molecule has 0 aromatic heterocycles. The number of nitro benzene ring substituents is 1. The van der Waals surface area contributed by atoms with Gasteiger partial charge in [-0.1, -0.05) is 18.2 Å². The predicted octanol–water partition coefficient (Wildman–Crippen LogP) is 4.24. The molecule has 3 rings (SSSR count). The number of fused-ring (bicyclic) bond motifs is 1. The van der Waals surface area contributed by atoms with Crippen LogP contribution in [-0.2, 0) is 0 Å². The number of hydrogen-bond acceptors (Lipinski definition) is 4. The monoisotopic (exact) mass is 354 g/mol. The second kappa shape index (κ2) is 6.44. The molecule has 0 aliphatic carbocycles. The molecule has 0 unspecified atom stereocenters. The molecule has 1 aliphatic heterocycles. The molecule has 2 aromatic carbocycles. The second-order valence-electron chi connectivity index (χ2n) is 7.39. The van der Waals surface area contributed by atoms with Crippen LogP contribution in [0.25, 0.3) is 0 Å². The van der Waals surface area contributed by atoms with Crippen molar-refractivity contribution in [2.45, 2.75) is 45.8 Å². The first-order valence-electron chi connectivity index (χ1n) is 8.52. The smallest absolute Gasteiger partial charge is 0.273 e. The van der Waals surface area contributed by atoms with Crippen molar-refractivity contribution in [1.29, 1.82) is 0 Å². The quantitative estimate of drug-likeness (QED) is 0.660. The van der Waals surface area contributed by atoms with E-state index in [-0.39, 0.29) is 23.2 Å². The average molecular weight is 354 g/mol. The molecule has 1 heterocycles. The molecule has 0 fully saturated rings. The minimum Gasteiger partial charge on any atom is -0.487 e. The van der Waals surface area contributed by atoms with Crippen molar-refractivity contribution in [1.82, 2.24) is 5.32 Å². The lowest BCUT2D eigenvalue weighted by molar-refractivity contribution is -0.385. The van der Waals surface area contributed by atoms with E-state index in [1.807, 2.05) is 39.0 Å². The molecule has 6 heteroatoms. The largest absolute Gasteiger partial charge is 0.487 e. The number of rotatable bonds is 3. The van der Waals surface area contributed by atoms with Gasteiger partial charge in [0.25, 0.3) is 11.6 Å². The van der Waals surface area contributed by atoms with Gasteiger partial charge in [0.15, 0.2) is 0 Å². The SMILES string of the molecule is Cc1ccc2c(c1)OC(C)(C)C[C@H]2NC(=O)c1ccc(C)c([N+](=O)[O-])c1. The van der Waals surface area contributed by atoms with Gasteiger partial charge < -0.3 is 10.1 Å². The van der Waals surface area contributed by atoms with Gasteiger partial charge in [0.05, 0.1) is 11.0 Å². The van der Waals surface area contributed by atoms with E-state index in [4.69, 9.17) is 4.74 Å². The summed E-state index contributed by atoms with van der Waals surface area (Å²) in [4.78, 5) is 23.4. The van der Waals surface area contributed by atoms with Gasteiger partial charge in [-0.3, -0.25) is 14.9 Å². The van der Waals surface area contributed by atoms with Gasteiger partial charge in [-0.2, -0.15) is 0 Å². The molecule has 1 aliphatic rings. The average Bonchev–Trinajstić information content (AvgIpc) is 2.53. The molecule has 6 nitrogen and oxygen atoms in total. The van der Waals surface area contributed by atoms with E-state index in [1.54, 1.807) is 19.1 Å². The molecule has 1 N–H and O–H groups in total. The Balaban J connectivity index is 1.90. The number of amides is 1. The standard InChI is InChI=1S/C20H22N2O4/c1-12-5-8-15-16(11-20(3,4)26-18(15)9-12)21-19(23)14-7-6-13(2)17(10-14)22(24)25/h5-10,16H,11H2,1-4H3,(H,21,23)/t16-/m1/s1. The van der Waals surface area contributed by atoms with Gasteiger partial charge in [-0.15, -0.1) is 0 Å². The lowest BCUT2D eigenvalue weighted by atomic mass is 9.89. The van der Waals surface area contributed by atoms with Crippen LogP contribution in [0.1, 0.15) is 53.4 Å². The summed E-state index contributed by atoms with van der Waals surface area (Å²) in [6, 6.07) is 10.2. The molecular formula is C20H22N2O4. The maximum absolute atomic E-state index is 12.7. The first kappa shape index (κ1) is 17.9. The Morgan fingerprint density at radius 3 is 2.65 bits per heavy atom. The highest BCUT2D eigenvalue weighted by atomic mass is 16.6. The number of benzene rings is 2. The maximum Gasteiger partial charge on any atom is 0.273 e. The van der Waals surface area contributed by atoms with Crippen molar-refractivity contribution in [2.24, 2.45) is 0 Å². The zero-order chi connectivity index (χ0) is 19.1. The predicted molar refractivity (Wildman–Crippen MR) is 98.5 cm³/mol. The summed E-state index contributed by atoms with van der Waals surface area (Å²) >= 11 is 0. The van der Waals surface area contributed by atoms with Gasteiger partial charge in [0.2, 0.25) is 0 Å². The number of nitro groups is 1. The van der Waals surface area contributed by atoms with Crippen molar-refractivity contribution in [2.75, 3.05) is 0 Å². The number of carbonyl (C=O) groups excluding carboxylic acids is 1. The number of nitrogens with zero attached hydrogens (tertiary/aromatic N) is 1. The zero-order valence-electron chi connectivity index (χ0n) is 15.3. The van der Waals surface area contributed by atoms with Crippen LogP contribution >= 0.6 is 0 Å². The molecule has 0 saturated heterocycles. The topological polar surface area (TPSA) is 81.5 Å². The molecule has 136 valence electrons. The molecule has 0 spiro atoms. The zero-order valence-corrected chi connectivity index (χ0v) is 15.3. The third-order valence-electron chi connectivity index (χ3n) is 4.60. The minimum atomic E-state index is -0.470. The summed E-state index contributed by atoms with van der Waals surface area (Å²) in [5.74, 6) is 0.434. The molecule has 0 bridgehead atoms. The van der Waals surface area contributed by atoms with E-state index in [2.05, 4.69) is 5.32 Å². The fourth-order valence-electron chi connectivity index (χ4n) is 3.28. The summed E-state index contributed by atoms with van der Waals surface area (Å²) in [5.41, 5.74) is 2.34. The van der Waals surface area contributed by atoms with E-state index in [0.29, 0.717) is 12.0 Å². The van der Waals surface area contributed by atoms with Crippen LogP contribution in [0.15, 0.2) is 36.4 Å². The van der Waals surface area contributed by atoms with Gasteiger partial charge in [-0.05, 0) is 45.4 Å². The van der Waals surface area contributed by atoms with Crippen LogP contribution in [0, 0.1) is 24.0 Å². The van der Waals surface area contributed by atoms with Crippen LogP contribution in [-0.4, -0.2) is 16.4 Å². The summed E-state index contributed by atoms with van der Waals surface area (Å²) < 4.78 is 6.04. The van der Waals surface area contributed by atoms with E-state index in [0.717, 1.165) is 16.9 Å². The molecule has 1 amide bonds. The van der Waals surface area contributed by atoms with Crippen molar-refractivity contribution in [3.05, 3.63) is 68.8 Å². The number of ether oxygens (including phenoxy) is 1. The van der Waals surface area contributed by atoms with Gasteiger partial charge in [0.1, 0.15) is 11.4 Å². The third kappa shape index (κ3) is 3.54. The Morgan fingerprint density at radius 2 is 1.96 bits per heavy atom. The summed E-state index contributed by atoms with van der Waals surface area (Å²) in [6.07, 6.45) is 0.614. The fourth-order valence-corrected chi connectivity index (χ4v) is 3.28. The Bertz CT molecular complexity index is 889. The van der Waals surface area contributed by atoms with E-state index in [9.17, 15) is 14.9 Å². The molecule has 0 radical (unpaired) electrons. The minimum absolute atomic E-state index is 0.0546. The maximum atomic E-state index is 12.7. The van der Waals surface area contributed by atoms with Crippen LogP contribution in [0.3, 0.4) is 0 Å². The highest BCUT2D eigenvalue weighted by Gasteiger charge is 2.34. The first-order chi connectivity index (χ1) is 12.2. The van der Waals surface area contributed by atoms with Crippen molar-refractivity contribution < 1.29 is 14.5 Å². The second-order valence-corrected chi connectivity index (χ2v) is 7.39. The molecule has 0 saturated carbocycles. The van der Waals surface area contributed by atoms with Crippen molar-refractivity contribution in [3.63, 3.8) is 0 Å². The van der Waals surface area contributed by atoms with Crippen LogP contribution in [0.5, 0.6) is 5.75 Å². The summed E-state index contributed by atoms with van der Waals surface area (Å²) in [6.45, 7) is 7.60. The lowest BCUT2D eigenvalue weighted by Crippen LogP contribution is -2.41. The Labute approximate surface area is 152 Å². The number of carbonyl (C=O) groups is 1. The Hall–Kier alpha value is -2.89. The molecule has 2 aromatic rings. The summed E-state index contributed by atoms with van der Waals surface area (Å²) in [7, 11) is 0. The van der Waals surface area contributed by atoms with Crippen LogP contribution < -0.4 is 10.1 Å². The molecular weight excluding hydrogens is 332 g/mol. The highest BCUT2D eigenvalue weighted by molar-refractivity contribution is 5.95. The van der Waals surface area contributed by atoms with Crippen molar-refractivity contribution >= 4 is 11.6 Å².